The summed E-state index contributed by atoms with van der Waals surface area (Å²) in [5.74, 6) is -0.859. The number of hydrogen-bond acceptors (Lipinski definition) is 3. The van der Waals surface area contributed by atoms with Crippen molar-refractivity contribution < 1.29 is 19.0 Å². The molecule has 1 aliphatic heterocycles. The van der Waals surface area contributed by atoms with Crippen molar-refractivity contribution in [2.75, 3.05) is 18.1 Å². The quantitative estimate of drug-likeness (QED) is 0.922. The van der Waals surface area contributed by atoms with E-state index in [0.29, 0.717) is 25.4 Å². The number of fused-ring (bicyclic) bond motifs is 1. The molecule has 108 valence electrons. The highest BCUT2D eigenvalue weighted by Gasteiger charge is 2.19. The van der Waals surface area contributed by atoms with Gasteiger partial charge < -0.3 is 14.7 Å². The second-order valence-electron chi connectivity index (χ2n) is 4.85. The second-order valence-corrected chi connectivity index (χ2v) is 4.85. The molecule has 21 heavy (non-hydrogen) atoms. The van der Waals surface area contributed by atoms with Crippen LogP contribution in [-0.2, 0) is 6.54 Å². The van der Waals surface area contributed by atoms with Crippen molar-refractivity contribution in [2.24, 2.45) is 0 Å². The third kappa shape index (κ3) is 2.67. The fourth-order valence-electron chi connectivity index (χ4n) is 2.43. The number of benzene rings is 2. The van der Waals surface area contributed by atoms with Crippen molar-refractivity contribution in [1.29, 1.82) is 0 Å². The van der Waals surface area contributed by atoms with E-state index >= 15 is 0 Å². The molecular formula is C16H14FNO3. The Morgan fingerprint density at radius 2 is 2.05 bits per heavy atom. The highest BCUT2D eigenvalue weighted by molar-refractivity contribution is 5.88. The third-order valence-corrected chi connectivity index (χ3v) is 3.49. The van der Waals surface area contributed by atoms with Gasteiger partial charge in [0.2, 0.25) is 0 Å². The third-order valence-electron chi connectivity index (χ3n) is 3.49. The predicted octanol–water partition coefficient (Wildman–Crippen LogP) is 2.92. The molecule has 0 bridgehead atoms. The van der Waals surface area contributed by atoms with Crippen LogP contribution in [0.15, 0.2) is 42.5 Å². The van der Waals surface area contributed by atoms with Crippen molar-refractivity contribution in [2.45, 2.75) is 6.54 Å². The largest absolute Gasteiger partial charge is 0.491 e. The number of aromatic carboxylic acids is 1. The maximum absolute atomic E-state index is 14.2. The molecule has 2 aromatic carbocycles. The Hall–Kier alpha value is -2.56. The average Bonchev–Trinajstić information content (AvgIpc) is 2.69. The van der Waals surface area contributed by atoms with E-state index in [1.54, 1.807) is 0 Å². The van der Waals surface area contributed by atoms with Crippen LogP contribution >= 0.6 is 0 Å². The predicted molar refractivity (Wildman–Crippen MR) is 76.3 cm³/mol. The molecule has 0 saturated heterocycles. The van der Waals surface area contributed by atoms with Gasteiger partial charge in [0.1, 0.15) is 18.2 Å². The van der Waals surface area contributed by atoms with Crippen LogP contribution in [0.5, 0.6) is 5.75 Å². The molecule has 0 saturated carbocycles. The van der Waals surface area contributed by atoms with E-state index in [-0.39, 0.29) is 5.56 Å². The average molecular weight is 287 g/mol. The Bertz CT molecular complexity index is 687. The van der Waals surface area contributed by atoms with Crippen molar-refractivity contribution in [1.82, 2.24) is 0 Å². The molecule has 0 fully saturated rings. The molecule has 4 nitrogen and oxygen atoms in total. The standard InChI is InChI=1S/C16H14FNO3/c17-13-9-11(16(19)20)5-6-14(13)18-7-8-21-15-4-2-1-3-12(15)10-18/h1-6,9H,7-8,10H2,(H,19,20). The zero-order chi connectivity index (χ0) is 14.8. The summed E-state index contributed by atoms with van der Waals surface area (Å²) in [6.07, 6.45) is 0. The fourth-order valence-corrected chi connectivity index (χ4v) is 2.43. The number of carboxylic acid groups (broad SMARTS) is 1. The summed E-state index contributed by atoms with van der Waals surface area (Å²) in [5.41, 5.74) is 1.32. The molecule has 1 aliphatic rings. The SMILES string of the molecule is O=C(O)c1ccc(N2CCOc3ccccc3C2)c(F)c1. The Morgan fingerprint density at radius 1 is 1.24 bits per heavy atom. The first-order valence-corrected chi connectivity index (χ1v) is 6.63. The zero-order valence-corrected chi connectivity index (χ0v) is 11.3. The van der Waals surface area contributed by atoms with Crippen molar-refractivity contribution >= 4 is 11.7 Å². The normalized spacial score (nSPS) is 14.0. The number of ether oxygens (including phenoxy) is 1. The molecule has 2 aromatic rings. The van der Waals surface area contributed by atoms with Gasteiger partial charge in [0.25, 0.3) is 0 Å². The topological polar surface area (TPSA) is 49.8 Å². The lowest BCUT2D eigenvalue weighted by molar-refractivity contribution is 0.0696. The molecule has 0 amide bonds. The van der Waals surface area contributed by atoms with E-state index in [1.807, 2.05) is 29.2 Å². The summed E-state index contributed by atoms with van der Waals surface area (Å²) in [6, 6.07) is 11.6. The van der Waals surface area contributed by atoms with E-state index in [9.17, 15) is 9.18 Å². The Labute approximate surface area is 121 Å². The van der Waals surface area contributed by atoms with Crippen molar-refractivity contribution in [3.05, 3.63) is 59.4 Å². The first kappa shape index (κ1) is 13.4. The maximum Gasteiger partial charge on any atom is 0.335 e. The summed E-state index contributed by atoms with van der Waals surface area (Å²) in [7, 11) is 0. The van der Waals surface area contributed by atoms with Gasteiger partial charge in [0.05, 0.1) is 17.8 Å². The van der Waals surface area contributed by atoms with Gasteiger partial charge in [0.15, 0.2) is 0 Å². The van der Waals surface area contributed by atoms with Crippen LogP contribution in [0.3, 0.4) is 0 Å². The van der Waals surface area contributed by atoms with E-state index in [0.717, 1.165) is 17.4 Å². The molecule has 0 aromatic heterocycles. The number of carboxylic acids is 1. The lowest BCUT2D eigenvalue weighted by atomic mass is 10.1. The molecule has 1 heterocycles. The minimum atomic E-state index is -1.13. The van der Waals surface area contributed by atoms with Gasteiger partial charge in [0, 0.05) is 12.1 Å². The van der Waals surface area contributed by atoms with Crippen LogP contribution in [0, 0.1) is 5.82 Å². The molecule has 3 rings (SSSR count). The van der Waals surface area contributed by atoms with E-state index < -0.39 is 11.8 Å². The maximum atomic E-state index is 14.2. The van der Waals surface area contributed by atoms with Crippen LogP contribution in [0.1, 0.15) is 15.9 Å². The number of anilines is 1. The smallest absolute Gasteiger partial charge is 0.335 e. The molecule has 0 atom stereocenters. The Balaban J connectivity index is 1.92. The van der Waals surface area contributed by atoms with Crippen molar-refractivity contribution in [3.8, 4) is 5.75 Å². The van der Waals surface area contributed by atoms with Crippen LogP contribution in [0.25, 0.3) is 0 Å². The number of rotatable bonds is 2. The summed E-state index contributed by atoms with van der Waals surface area (Å²) in [6.45, 7) is 1.52. The molecule has 1 N–H and O–H groups in total. The van der Waals surface area contributed by atoms with Gasteiger partial charge >= 0.3 is 5.97 Å². The first-order chi connectivity index (χ1) is 10.1. The second kappa shape index (κ2) is 5.44. The summed E-state index contributed by atoms with van der Waals surface area (Å²) in [5, 5.41) is 8.89. The van der Waals surface area contributed by atoms with Crippen molar-refractivity contribution in [3.63, 3.8) is 0 Å². The summed E-state index contributed by atoms with van der Waals surface area (Å²) in [4.78, 5) is 12.7. The van der Waals surface area contributed by atoms with Gasteiger partial charge in [-0.3, -0.25) is 0 Å². The highest BCUT2D eigenvalue weighted by Crippen LogP contribution is 2.28. The van der Waals surface area contributed by atoms with Gasteiger partial charge in [-0.25, -0.2) is 9.18 Å². The molecule has 5 heteroatoms. The monoisotopic (exact) mass is 287 g/mol. The molecule has 0 radical (unpaired) electrons. The number of nitrogens with zero attached hydrogens (tertiary/aromatic N) is 1. The zero-order valence-electron chi connectivity index (χ0n) is 11.3. The van der Waals surface area contributed by atoms with Crippen LogP contribution in [-0.4, -0.2) is 24.2 Å². The first-order valence-electron chi connectivity index (χ1n) is 6.63. The number of carbonyl (C=O) groups is 1. The van der Waals surface area contributed by atoms with Crippen LogP contribution in [0.2, 0.25) is 0 Å². The minimum Gasteiger partial charge on any atom is -0.491 e. The number of hydrogen-bond donors (Lipinski definition) is 1. The lowest BCUT2D eigenvalue weighted by Gasteiger charge is -2.22. The number of halogens is 1. The Morgan fingerprint density at radius 3 is 2.81 bits per heavy atom. The summed E-state index contributed by atoms with van der Waals surface area (Å²) < 4.78 is 19.8. The van der Waals surface area contributed by atoms with E-state index in [4.69, 9.17) is 9.84 Å². The molecular weight excluding hydrogens is 273 g/mol. The Kier molecular flexibility index (Phi) is 3.48. The van der Waals surface area contributed by atoms with E-state index in [1.165, 1.54) is 12.1 Å². The summed E-state index contributed by atoms with van der Waals surface area (Å²) >= 11 is 0. The molecule has 0 aliphatic carbocycles. The van der Waals surface area contributed by atoms with Crippen LogP contribution < -0.4 is 9.64 Å². The number of para-hydroxylation sites is 1. The minimum absolute atomic E-state index is 0.0530. The highest BCUT2D eigenvalue weighted by atomic mass is 19.1. The van der Waals surface area contributed by atoms with Gasteiger partial charge in [-0.15, -0.1) is 0 Å². The van der Waals surface area contributed by atoms with Gasteiger partial charge in [-0.1, -0.05) is 18.2 Å². The molecule has 0 unspecified atom stereocenters. The van der Waals surface area contributed by atoms with Crippen LogP contribution in [0.4, 0.5) is 10.1 Å². The lowest BCUT2D eigenvalue weighted by Crippen LogP contribution is -2.26. The van der Waals surface area contributed by atoms with E-state index in [2.05, 4.69) is 0 Å². The van der Waals surface area contributed by atoms with Gasteiger partial charge in [-0.2, -0.15) is 0 Å². The molecule has 0 spiro atoms. The fraction of sp³-hybridized carbons (Fsp3) is 0.188. The van der Waals surface area contributed by atoms with Gasteiger partial charge in [-0.05, 0) is 24.3 Å².